The first-order valence-electron chi connectivity index (χ1n) is 11.1. The molecule has 0 aliphatic heterocycles. The number of nitrogens with one attached hydrogen (secondary N) is 2. The van der Waals surface area contributed by atoms with Gasteiger partial charge in [-0.25, -0.2) is 9.67 Å². The van der Waals surface area contributed by atoms with Gasteiger partial charge < -0.3 is 10.6 Å². The monoisotopic (exact) mass is 465 g/mol. The normalized spacial score (nSPS) is 10.9. The molecule has 2 heterocycles. The van der Waals surface area contributed by atoms with Crippen LogP contribution in [0.15, 0.2) is 85.3 Å². The maximum Gasteiger partial charge on any atom is 0.273 e. The molecular formula is C26H23N7O2. The van der Waals surface area contributed by atoms with Gasteiger partial charge in [0.25, 0.3) is 11.8 Å². The van der Waals surface area contributed by atoms with Crippen LogP contribution in [0.5, 0.6) is 0 Å². The molecule has 35 heavy (non-hydrogen) atoms. The van der Waals surface area contributed by atoms with E-state index in [1.165, 1.54) is 0 Å². The average Bonchev–Trinajstić information content (AvgIpc) is 3.54. The van der Waals surface area contributed by atoms with Crippen LogP contribution in [0.1, 0.15) is 32.0 Å². The first-order chi connectivity index (χ1) is 17.1. The van der Waals surface area contributed by atoms with E-state index in [0.29, 0.717) is 18.7 Å². The maximum absolute atomic E-state index is 12.5. The first-order valence-corrected chi connectivity index (χ1v) is 11.1. The lowest BCUT2D eigenvalue weighted by Crippen LogP contribution is -2.23. The van der Waals surface area contributed by atoms with Crippen LogP contribution in [-0.2, 0) is 13.1 Å². The molecular weight excluding hydrogens is 442 g/mol. The highest BCUT2D eigenvalue weighted by Gasteiger charge is 2.12. The maximum atomic E-state index is 12.5. The topological polar surface area (TPSA) is 107 Å². The second kappa shape index (κ2) is 9.60. The first kappa shape index (κ1) is 22.0. The molecule has 174 valence electrons. The quantitative estimate of drug-likeness (QED) is 0.384. The Hall–Kier alpha value is -4.79. The van der Waals surface area contributed by atoms with Crippen molar-refractivity contribution in [2.75, 3.05) is 7.05 Å². The fourth-order valence-electron chi connectivity index (χ4n) is 3.80. The van der Waals surface area contributed by atoms with Gasteiger partial charge >= 0.3 is 0 Å². The lowest BCUT2D eigenvalue weighted by atomic mass is 10.1. The molecule has 5 rings (SSSR count). The number of carbonyl (C=O) groups excluding carboxylic acids is 2. The highest BCUT2D eigenvalue weighted by atomic mass is 16.2. The smallest absolute Gasteiger partial charge is 0.273 e. The Morgan fingerprint density at radius 1 is 0.914 bits per heavy atom. The number of nitrogens with zero attached hydrogens (tertiary/aromatic N) is 5. The van der Waals surface area contributed by atoms with Crippen molar-refractivity contribution in [3.05, 3.63) is 108 Å². The van der Waals surface area contributed by atoms with E-state index in [1.54, 1.807) is 36.4 Å². The second-order valence-electron chi connectivity index (χ2n) is 8.03. The number of aromatic nitrogens is 5. The van der Waals surface area contributed by atoms with E-state index in [-0.39, 0.29) is 17.5 Å². The number of hydrogen-bond donors (Lipinski definition) is 2. The van der Waals surface area contributed by atoms with Gasteiger partial charge in [-0.1, -0.05) is 47.7 Å². The van der Waals surface area contributed by atoms with E-state index in [4.69, 9.17) is 0 Å². The Morgan fingerprint density at radius 3 is 2.49 bits per heavy atom. The van der Waals surface area contributed by atoms with Crippen molar-refractivity contribution in [3.63, 3.8) is 0 Å². The van der Waals surface area contributed by atoms with Gasteiger partial charge in [0.2, 0.25) is 0 Å². The SMILES string of the molecule is CNC(=O)c1ccc2c(c1)ncn2-c1ccc(CNC(=O)c2cn(Cc3ccccc3)nn2)cc1. The van der Waals surface area contributed by atoms with Gasteiger partial charge in [-0.2, -0.15) is 0 Å². The van der Waals surface area contributed by atoms with Gasteiger partial charge in [0.05, 0.1) is 23.8 Å². The minimum Gasteiger partial charge on any atom is -0.355 e. The van der Waals surface area contributed by atoms with E-state index in [9.17, 15) is 9.59 Å². The van der Waals surface area contributed by atoms with Gasteiger partial charge in [-0.15, -0.1) is 5.10 Å². The standard InChI is InChI=1S/C26H23N7O2/c1-27-25(34)20-9-12-24-22(13-20)29-17-33(24)21-10-7-18(8-11-21)14-28-26(35)23-16-32(31-30-23)15-19-5-3-2-4-6-19/h2-13,16-17H,14-15H2,1H3,(H,27,34)(H,28,35). The van der Waals surface area contributed by atoms with E-state index in [0.717, 1.165) is 27.8 Å². The zero-order chi connectivity index (χ0) is 24.2. The molecule has 2 amide bonds. The molecule has 0 aliphatic rings. The zero-order valence-corrected chi connectivity index (χ0v) is 19.0. The lowest BCUT2D eigenvalue weighted by molar-refractivity contribution is 0.0942. The van der Waals surface area contributed by atoms with E-state index >= 15 is 0 Å². The molecule has 0 atom stereocenters. The van der Waals surface area contributed by atoms with Crippen molar-refractivity contribution < 1.29 is 9.59 Å². The van der Waals surface area contributed by atoms with Crippen LogP contribution >= 0.6 is 0 Å². The summed E-state index contributed by atoms with van der Waals surface area (Å²) in [6.45, 7) is 0.920. The summed E-state index contributed by atoms with van der Waals surface area (Å²) in [5, 5.41) is 13.5. The van der Waals surface area contributed by atoms with Crippen LogP contribution in [0, 0.1) is 0 Å². The van der Waals surface area contributed by atoms with Crippen molar-refractivity contribution in [2.45, 2.75) is 13.1 Å². The highest BCUT2D eigenvalue weighted by molar-refractivity contribution is 5.97. The zero-order valence-electron chi connectivity index (χ0n) is 19.0. The van der Waals surface area contributed by atoms with Crippen molar-refractivity contribution in [1.29, 1.82) is 0 Å². The van der Waals surface area contributed by atoms with Crippen LogP contribution < -0.4 is 10.6 Å². The third kappa shape index (κ3) is 4.79. The third-order valence-corrected chi connectivity index (χ3v) is 5.66. The number of carbonyl (C=O) groups is 2. The summed E-state index contributed by atoms with van der Waals surface area (Å²) in [6, 6.07) is 23.1. The van der Waals surface area contributed by atoms with Crippen LogP contribution in [0.2, 0.25) is 0 Å². The number of imidazole rings is 1. The van der Waals surface area contributed by atoms with Gasteiger partial charge in [-0.05, 0) is 41.5 Å². The van der Waals surface area contributed by atoms with E-state index in [2.05, 4.69) is 25.9 Å². The summed E-state index contributed by atoms with van der Waals surface area (Å²) < 4.78 is 3.60. The van der Waals surface area contributed by atoms with Gasteiger partial charge in [-0.3, -0.25) is 14.2 Å². The Bertz CT molecular complexity index is 1490. The third-order valence-electron chi connectivity index (χ3n) is 5.66. The average molecular weight is 466 g/mol. The van der Waals surface area contributed by atoms with Crippen molar-refractivity contribution in [2.24, 2.45) is 0 Å². The predicted molar refractivity (Wildman–Crippen MR) is 131 cm³/mol. The lowest BCUT2D eigenvalue weighted by Gasteiger charge is -2.07. The molecule has 0 aliphatic carbocycles. The molecule has 0 bridgehead atoms. The van der Waals surface area contributed by atoms with Crippen molar-refractivity contribution in [1.82, 2.24) is 35.2 Å². The number of amides is 2. The molecule has 3 aromatic carbocycles. The van der Waals surface area contributed by atoms with Gasteiger partial charge in [0.1, 0.15) is 6.33 Å². The largest absolute Gasteiger partial charge is 0.355 e. The molecule has 9 nitrogen and oxygen atoms in total. The summed E-state index contributed by atoms with van der Waals surface area (Å²) in [5.41, 5.74) is 5.45. The molecule has 0 radical (unpaired) electrons. The summed E-state index contributed by atoms with van der Waals surface area (Å²) in [4.78, 5) is 28.8. The minimum absolute atomic E-state index is 0.147. The van der Waals surface area contributed by atoms with Crippen LogP contribution in [-0.4, -0.2) is 43.4 Å². The Balaban J connectivity index is 1.22. The Kier molecular flexibility index (Phi) is 6.04. The van der Waals surface area contributed by atoms with Crippen LogP contribution in [0.3, 0.4) is 0 Å². The van der Waals surface area contributed by atoms with Crippen molar-refractivity contribution in [3.8, 4) is 5.69 Å². The van der Waals surface area contributed by atoms with Crippen LogP contribution in [0.4, 0.5) is 0 Å². The Labute approximate surface area is 201 Å². The molecule has 9 heteroatoms. The summed E-state index contributed by atoms with van der Waals surface area (Å²) in [5.74, 6) is -0.424. The molecule has 0 unspecified atom stereocenters. The summed E-state index contributed by atoms with van der Waals surface area (Å²) >= 11 is 0. The van der Waals surface area contributed by atoms with Crippen molar-refractivity contribution >= 4 is 22.8 Å². The molecule has 2 N–H and O–H groups in total. The molecule has 0 fully saturated rings. The molecule has 0 saturated carbocycles. The molecule has 5 aromatic rings. The fourth-order valence-corrected chi connectivity index (χ4v) is 3.80. The highest BCUT2D eigenvalue weighted by Crippen LogP contribution is 2.20. The fraction of sp³-hybridized carbons (Fsp3) is 0.115. The summed E-state index contributed by atoms with van der Waals surface area (Å²) in [6.07, 6.45) is 3.37. The number of hydrogen-bond acceptors (Lipinski definition) is 5. The van der Waals surface area contributed by atoms with Crippen LogP contribution in [0.25, 0.3) is 16.7 Å². The molecule has 2 aromatic heterocycles. The van der Waals surface area contributed by atoms with Gasteiger partial charge in [0.15, 0.2) is 5.69 Å². The number of rotatable bonds is 7. The number of fused-ring (bicyclic) bond motifs is 1. The number of benzene rings is 3. The molecule has 0 spiro atoms. The Morgan fingerprint density at radius 2 is 1.71 bits per heavy atom. The second-order valence-corrected chi connectivity index (χ2v) is 8.03. The predicted octanol–water partition coefficient (Wildman–Crippen LogP) is 2.95. The van der Waals surface area contributed by atoms with Gasteiger partial charge in [0, 0.05) is 24.8 Å². The summed E-state index contributed by atoms with van der Waals surface area (Å²) in [7, 11) is 1.60. The van der Waals surface area contributed by atoms with E-state index < -0.39 is 0 Å². The molecule has 0 saturated heterocycles. The minimum atomic E-state index is -0.277. The van der Waals surface area contributed by atoms with E-state index in [1.807, 2.05) is 65.2 Å².